The van der Waals surface area contributed by atoms with E-state index in [9.17, 15) is 22.8 Å². The molecule has 0 aliphatic carbocycles. The lowest BCUT2D eigenvalue weighted by Crippen LogP contribution is -2.52. The predicted molar refractivity (Wildman–Crippen MR) is 132 cm³/mol. The molecule has 1 aromatic rings. The quantitative estimate of drug-likeness (QED) is 0.593. The van der Waals surface area contributed by atoms with Crippen molar-refractivity contribution < 1.29 is 22.8 Å². The third kappa shape index (κ3) is 6.82. The molecule has 1 N–H and O–H groups in total. The summed E-state index contributed by atoms with van der Waals surface area (Å²) in [6, 6.07) is 5.95. The highest BCUT2D eigenvalue weighted by molar-refractivity contribution is 6.34. The van der Waals surface area contributed by atoms with Crippen molar-refractivity contribution in [2.75, 3.05) is 45.6 Å². The van der Waals surface area contributed by atoms with Crippen LogP contribution in [0.25, 0.3) is 0 Å². The number of likely N-dealkylation sites (tertiary alicyclic amines) is 2. The van der Waals surface area contributed by atoms with Gasteiger partial charge in [0.2, 0.25) is 5.91 Å². The van der Waals surface area contributed by atoms with Crippen LogP contribution in [0.2, 0.25) is 5.02 Å². The molecule has 2 saturated heterocycles. The fourth-order valence-electron chi connectivity index (χ4n) is 5.12. The van der Waals surface area contributed by atoms with Gasteiger partial charge in [-0.2, -0.15) is 13.2 Å². The molecular formula is C25H36ClF3N4O2. The Morgan fingerprint density at radius 1 is 1.06 bits per heavy atom. The van der Waals surface area contributed by atoms with E-state index < -0.39 is 23.9 Å². The molecule has 1 aromatic carbocycles. The third-order valence-corrected chi connectivity index (χ3v) is 7.40. The smallest absolute Gasteiger partial charge is 0.382 e. The van der Waals surface area contributed by atoms with E-state index in [1.54, 1.807) is 26.2 Å². The first kappa shape index (κ1) is 27.6. The minimum absolute atomic E-state index is 0.138. The van der Waals surface area contributed by atoms with Gasteiger partial charge in [-0.3, -0.25) is 9.59 Å². The largest absolute Gasteiger partial charge is 0.400 e. The van der Waals surface area contributed by atoms with Crippen molar-refractivity contribution in [3.05, 3.63) is 28.8 Å². The fourth-order valence-corrected chi connectivity index (χ4v) is 5.38. The van der Waals surface area contributed by atoms with Gasteiger partial charge in [0.1, 0.15) is 5.92 Å². The molecule has 10 heteroatoms. The average Bonchev–Trinajstić information content (AvgIpc) is 2.78. The summed E-state index contributed by atoms with van der Waals surface area (Å²) in [4.78, 5) is 30.0. The van der Waals surface area contributed by atoms with Gasteiger partial charge in [-0.15, -0.1) is 0 Å². The topological polar surface area (TPSA) is 55.9 Å². The molecule has 2 fully saturated rings. The molecule has 0 saturated carbocycles. The molecule has 6 nitrogen and oxygen atoms in total. The van der Waals surface area contributed by atoms with E-state index in [0.29, 0.717) is 36.5 Å². The average molecular weight is 517 g/mol. The summed E-state index contributed by atoms with van der Waals surface area (Å²) in [5.41, 5.74) is 1.34. The highest BCUT2D eigenvalue weighted by atomic mass is 35.5. The highest BCUT2D eigenvalue weighted by Gasteiger charge is 2.48. The van der Waals surface area contributed by atoms with Crippen LogP contribution in [0, 0.1) is 11.8 Å². The Kier molecular flexibility index (Phi) is 8.96. The van der Waals surface area contributed by atoms with E-state index in [1.807, 2.05) is 6.07 Å². The monoisotopic (exact) mass is 516 g/mol. The van der Waals surface area contributed by atoms with Crippen LogP contribution >= 0.6 is 11.6 Å². The SMILES string of the molecule is CC(C)C(C(=O)N1CCC(N2CCC(Nc3ccc(C(=O)N(C)C)c(Cl)c3)CC2)CC1)C(F)(F)F. The lowest BCUT2D eigenvalue weighted by molar-refractivity contribution is -0.198. The number of rotatable bonds is 6. The number of benzene rings is 1. The van der Waals surface area contributed by atoms with Gasteiger partial charge in [-0.1, -0.05) is 25.4 Å². The van der Waals surface area contributed by atoms with Crippen molar-refractivity contribution >= 4 is 29.1 Å². The van der Waals surface area contributed by atoms with Crippen LogP contribution in [0.1, 0.15) is 49.9 Å². The molecule has 1 atom stereocenters. The summed E-state index contributed by atoms with van der Waals surface area (Å²) in [5.74, 6) is -3.62. The second-order valence-corrected chi connectivity index (χ2v) is 10.6. The Hall–Kier alpha value is -2.00. The zero-order valence-electron chi connectivity index (χ0n) is 20.9. The van der Waals surface area contributed by atoms with Gasteiger partial charge in [0.25, 0.3) is 5.91 Å². The normalized spacial score (nSPS) is 19.6. The Bertz CT molecular complexity index is 893. The standard InChI is InChI=1S/C25H36ClF3N4O2/c1-16(2)22(25(27,28)29)24(35)33-13-9-19(10-14-33)32-11-7-17(8-12-32)30-18-5-6-20(21(26)15-18)23(34)31(3)4/h5-6,15-17,19,22,30H,7-14H2,1-4H3. The molecule has 1 unspecified atom stereocenters. The number of nitrogens with one attached hydrogen (secondary N) is 1. The van der Waals surface area contributed by atoms with Crippen molar-refractivity contribution in [3.63, 3.8) is 0 Å². The summed E-state index contributed by atoms with van der Waals surface area (Å²) < 4.78 is 40.1. The first-order chi connectivity index (χ1) is 16.4. The maximum absolute atomic E-state index is 13.4. The minimum atomic E-state index is -4.51. The summed E-state index contributed by atoms with van der Waals surface area (Å²) in [7, 11) is 3.37. The second-order valence-electron chi connectivity index (χ2n) is 10.2. The number of alkyl halides is 3. The minimum Gasteiger partial charge on any atom is -0.382 e. The lowest BCUT2D eigenvalue weighted by Gasteiger charge is -2.43. The molecule has 0 radical (unpaired) electrons. The van der Waals surface area contributed by atoms with Gasteiger partial charge in [-0.25, -0.2) is 0 Å². The van der Waals surface area contributed by atoms with E-state index in [-0.39, 0.29) is 18.0 Å². The number of carbonyl (C=O) groups excluding carboxylic acids is 2. The maximum atomic E-state index is 13.4. The van der Waals surface area contributed by atoms with E-state index in [1.165, 1.54) is 23.6 Å². The van der Waals surface area contributed by atoms with Crippen LogP contribution < -0.4 is 5.32 Å². The van der Waals surface area contributed by atoms with Gasteiger partial charge >= 0.3 is 6.18 Å². The Balaban J connectivity index is 1.48. The maximum Gasteiger partial charge on any atom is 0.400 e. The zero-order valence-corrected chi connectivity index (χ0v) is 21.6. The molecule has 2 amide bonds. The van der Waals surface area contributed by atoms with Crippen molar-refractivity contribution in [1.29, 1.82) is 0 Å². The van der Waals surface area contributed by atoms with Crippen molar-refractivity contribution in [3.8, 4) is 0 Å². The second kappa shape index (κ2) is 11.4. The van der Waals surface area contributed by atoms with Gasteiger partial charge < -0.3 is 20.0 Å². The van der Waals surface area contributed by atoms with Crippen molar-refractivity contribution in [1.82, 2.24) is 14.7 Å². The number of amides is 2. The van der Waals surface area contributed by atoms with Crippen LogP contribution in [0.5, 0.6) is 0 Å². The van der Waals surface area contributed by atoms with Crippen LogP contribution in [0.15, 0.2) is 18.2 Å². The fraction of sp³-hybridized carbons (Fsp3) is 0.680. The Labute approximate surface area is 210 Å². The lowest BCUT2D eigenvalue weighted by atomic mass is 9.91. The molecule has 2 aliphatic heterocycles. The first-order valence-corrected chi connectivity index (χ1v) is 12.6. The van der Waals surface area contributed by atoms with E-state index in [2.05, 4.69) is 10.2 Å². The molecule has 2 aliphatic rings. The molecule has 0 aromatic heterocycles. The van der Waals surface area contributed by atoms with E-state index >= 15 is 0 Å². The van der Waals surface area contributed by atoms with Crippen molar-refractivity contribution in [2.24, 2.45) is 11.8 Å². The predicted octanol–water partition coefficient (Wildman–Crippen LogP) is 4.74. The van der Waals surface area contributed by atoms with Crippen LogP contribution in [-0.4, -0.2) is 85.0 Å². The molecule has 0 bridgehead atoms. The molecule has 3 rings (SSSR count). The number of anilines is 1. The first-order valence-electron chi connectivity index (χ1n) is 12.3. The summed E-state index contributed by atoms with van der Waals surface area (Å²) in [6.45, 7) is 5.42. The molecule has 0 spiro atoms. The van der Waals surface area contributed by atoms with Gasteiger partial charge in [-0.05, 0) is 49.8 Å². The molecule has 196 valence electrons. The number of halogens is 4. The van der Waals surface area contributed by atoms with Gasteiger partial charge in [0.15, 0.2) is 0 Å². The third-order valence-electron chi connectivity index (χ3n) is 7.08. The highest BCUT2D eigenvalue weighted by Crippen LogP contribution is 2.34. The van der Waals surface area contributed by atoms with Crippen LogP contribution in [-0.2, 0) is 4.79 Å². The van der Waals surface area contributed by atoms with E-state index in [4.69, 9.17) is 11.6 Å². The van der Waals surface area contributed by atoms with Crippen LogP contribution in [0.3, 0.4) is 0 Å². The Morgan fingerprint density at radius 3 is 2.14 bits per heavy atom. The van der Waals surface area contributed by atoms with Gasteiger partial charge in [0, 0.05) is 58.0 Å². The van der Waals surface area contributed by atoms with Gasteiger partial charge in [0.05, 0.1) is 10.6 Å². The number of nitrogens with zero attached hydrogens (tertiary/aromatic N) is 3. The molecule has 35 heavy (non-hydrogen) atoms. The summed E-state index contributed by atoms with van der Waals surface area (Å²) in [5, 5.41) is 3.92. The van der Waals surface area contributed by atoms with Crippen LogP contribution in [0.4, 0.5) is 18.9 Å². The summed E-state index contributed by atoms with van der Waals surface area (Å²) in [6.07, 6.45) is -1.26. The molecular weight excluding hydrogens is 481 g/mol. The van der Waals surface area contributed by atoms with E-state index in [0.717, 1.165) is 31.6 Å². The number of carbonyl (C=O) groups is 2. The van der Waals surface area contributed by atoms with Crippen molar-refractivity contribution in [2.45, 2.75) is 57.8 Å². The Morgan fingerprint density at radius 2 is 1.66 bits per heavy atom. The number of hydrogen-bond donors (Lipinski definition) is 1. The summed E-state index contributed by atoms with van der Waals surface area (Å²) >= 11 is 6.32. The zero-order chi connectivity index (χ0) is 25.9. The number of hydrogen-bond acceptors (Lipinski definition) is 4. The number of piperidine rings is 2. The molecule has 2 heterocycles.